The number of likely N-dealkylation sites (tertiary alicyclic amines) is 1. The number of fused-ring (bicyclic) bond motifs is 2. The van der Waals surface area contributed by atoms with Crippen molar-refractivity contribution in [2.45, 2.75) is 26.4 Å². The van der Waals surface area contributed by atoms with E-state index in [0.29, 0.717) is 23.3 Å². The van der Waals surface area contributed by atoms with Crippen molar-refractivity contribution in [3.8, 4) is 0 Å². The molecule has 1 aromatic heterocycles. The zero-order valence-corrected chi connectivity index (χ0v) is 16.9. The monoisotopic (exact) mass is 405 g/mol. The minimum Gasteiger partial charge on any atom is -0.319 e. The van der Waals surface area contributed by atoms with E-state index < -0.39 is 5.82 Å². The maximum absolute atomic E-state index is 13.4. The zero-order chi connectivity index (χ0) is 20.7. The molecule has 6 nitrogen and oxygen atoms in total. The number of nitrogens with zero attached hydrogens (tertiary/aromatic N) is 4. The minimum atomic E-state index is -0.390. The van der Waals surface area contributed by atoms with Crippen molar-refractivity contribution >= 4 is 11.6 Å². The second-order valence-electron chi connectivity index (χ2n) is 8.42. The van der Waals surface area contributed by atoms with Crippen LogP contribution in [0.15, 0.2) is 48.5 Å². The molecule has 1 N–H and O–H groups in total. The van der Waals surface area contributed by atoms with Gasteiger partial charge >= 0.3 is 0 Å². The summed E-state index contributed by atoms with van der Waals surface area (Å²) < 4.78 is 15.3. The van der Waals surface area contributed by atoms with Crippen LogP contribution in [0.25, 0.3) is 0 Å². The Labute approximate surface area is 174 Å². The fourth-order valence-corrected chi connectivity index (χ4v) is 4.74. The van der Waals surface area contributed by atoms with E-state index >= 15 is 0 Å². The van der Waals surface area contributed by atoms with Crippen LogP contribution in [-0.2, 0) is 19.5 Å². The number of aryl methyl sites for hydroxylation is 1. The van der Waals surface area contributed by atoms with Gasteiger partial charge in [0.15, 0.2) is 0 Å². The Kier molecular flexibility index (Phi) is 4.83. The molecule has 2 aromatic carbocycles. The first kappa shape index (κ1) is 18.9. The number of hydrogen-bond donors (Lipinski definition) is 1. The van der Waals surface area contributed by atoms with E-state index in [1.807, 2.05) is 4.57 Å². The van der Waals surface area contributed by atoms with Crippen molar-refractivity contribution in [2.24, 2.45) is 11.8 Å². The van der Waals surface area contributed by atoms with Gasteiger partial charge in [0.25, 0.3) is 5.91 Å². The molecule has 0 spiro atoms. The lowest BCUT2D eigenvalue weighted by molar-refractivity contribution is 0.100. The highest BCUT2D eigenvalue weighted by Crippen LogP contribution is 2.33. The number of rotatable bonds is 4. The molecule has 0 bridgehead atoms. The van der Waals surface area contributed by atoms with Gasteiger partial charge in [-0.05, 0) is 42.5 Å². The Morgan fingerprint density at radius 3 is 2.77 bits per heavy atom. The summed E-state index contributed by atoms with van der Waals surface area (Å²) in [6.07, 6.45) is 0.829. The Balaban J connectivity index is 1.28. The molecule has 1 fully saturated rings. The highest BCUT2D eigenvalue weighted by atomic mass is 19.1. The lowest BCUT2D eigenvalue weighted by Crippen LogP contribution is -2.31. The van der Waals surface area contributed by atoms with Gasteiger partial charge in [-0.3, -0.25) is 9.69 Å². The second-order valence-corrected chi connectivity index (χ2v) is 8.42. The van der Waals surface area contributed by atoms with Gasteiger partial charge in [0, 0.05) is 38.3 Å². The summed E-state index contributed by atoms with van der Waals surface area (Å²) in [5.74, 6) is 1.42. The number of anilines is 1. The molecule has 0 unspecified atom stereocenters. The molecule has 2 atom stereocenters. The molecule has 5 rings (SSSR count). The molecular weight excluding hydrogens is 381 g/mol. The fourth-order valence-electron chi connectivity index (χ4n) is 4.74. The maximum Gasteiger partial charge on any atom is 0.293 e. The van der Waals surface area contributed by atoms with E-state index in [0.717, 1.165) is 38.4 Å². The van der Waals surface area contributed by atoms with Crippen molar-refractivity contribution in [3.05, 3.63) is 77.1 Å². The van der Waals surface area contributed by atoms with Gasteiger partial charge in [-0.2, -0.15) is 0 Å². The molecular formula is C23H24FN5O. The van der Waals surface area contributed by atoms with Crippen molar-refractivity contribution in [3.63, 3.8) is 0 Å². The van der Waals surface area contributed by atoms with Crippen LogP contribution in [0, 0.1) is 24.6 Å². The average molecular weight is 405 g/mol. The Hall–Kier alpha value is -3.06. The molecule has 1 amide bonds. The van der Waals surface area contributed by atoms with Crippen molar-refractivity contribution in [1.29, 1.82) is 0 Å². The number of nitrogens with one attached hydrogen (secondary N) is 1. The van der Waals surface area contributed by atoms with Gasteiger partial charge in [-0.1, -0.05) is 35.9 Å². The smallest absolute Gasteiger partial charge is 0.293 e. The number of carbonyl (C=O) groups excluding carboxylic acids is 1. The van der Waals surface area contributed by atoms with Crippen LogP contribution in [0.2, 0.25) is 0 Å². The lowest BCUT2D eigenvalue weighted by Gasteiger charge is -2.25. The third-order valence-corrected chi connectivity index (χ3v) is 6.12. The van der Waals surface area contributed by atoms with Crippen molar-refractivity contribution in [2.75, 3.05) is 18.4 Å². The third kappa shape index (κ3) is 3.73. The molecule has 3 heterocycles. The summed E-state index contributed by atoms with van der Waals surface area (Å²) in [6, 6.07) is 14.5. The summed E-state index contributed by atoms with van der Waals surface area (Å²) in [6.45, 7) is 5.85. The molecule has 7 heteroatoms. The number of aromatic nitrogens is 3. The van der Waals surface area contributed by atoms with E-state index in [9.17, 15) is 9.18 Å². The molecule has 1 saturated heterocycles. The highest BCUT2D eigenvalue weighted by molar-refractivity contribution is 6.01. The predicted octanol–water partition coefficient (Wildman–Crippen LogP) is 3.28. The lowest BCUT2D eigenvalue weighted by atomic mass is 9.89. The topological polar surface area (TPSA) is 63.1 Å². The number of amides is 1. The predicted molar refractivity (Wildman–Crippen MR) is 112 cm³/mol. The average Bonchev–Trinajstić information content (AvgIpc) is 3.28. The largest absolute Gasteiger partial charge is 0.319 e. The molecule has 154 valence electrons. The fraction of sp³-hybridized carbons (Fsp3) is 0.348. The van der Waals surface area contributed by atoms with Gasteiger partial charge in [-0.25, -0.2) is 4.39 Å². The minimum absolute atomic E-state index is 0.296. The molecule has 0 radical (unpaired) electrons. The van der Waals surface area contributed by atoms with Crippen LogP contribution in [0.1, 0.15) is 27.6 Å². The summed E-state index contributed by atoms with van der Waals surface area (Å²) in [7, 11) is 0. The number of carbonyl (C=O) groups is 1. The van der Waals surface area contributed by atoms with Crippen LogP contribution in [0.3, 0.4) is 0 Å². The van der Waals surface area contributed by atoms with Crippen LogP contribution in [-0.4, -0.2) is 38.7 Å². The van der Waals surface area contributed by atoms with Crippen molar-refractivity contribution in [1.82, 2.24) is 19.7 Å². The molecule has 2 aliphatic heterocycles. The Bertz CT molecular complexity index is 1090. The molecule has 2 aliphatic rings. The number of benzene rings is 2. The first-order chi connectivity index (χ1) is 14.5. The van der Waals surface area contributed by atoms with Crippen LogP contribution < -0.4 is 5.32 Å². The Morgan fingerprint density at radius 2 is 1.93 bits per heavy atom. The zero-order valence-electron chi connectivity index (χ0n) is 16.9. The van der Waals surface area contributed by atoms with E-state index in [1.54, 1.807) is 12.1 Å². The van der Waals surface area contributed by atoms with Gasteiger partial charge in [0.05, 0.1) is 0 Å². The summed E-state index contributed by atoms with van der Waals surface area (Å²) >= 11 is 0. The maximum atomic E-state index is 13.4. The van der Waals surface area contributed by atoms with E-state index in [-0.39, 0.29) is 5.91 Å². The quantitative estimate of drug-likeness (QED) is 0.724. The van der Waals surface area contributed by atoms with E-state index in [2.05, 4.69) is 51.6 Å². The van der Waals surface area contributed by atoms with Gasteiger partial charge < -0.3 is 9.88 Å². The standard InChI is InChI=1S/C23H24FN5O/c1-15-4-2-5-16(8-15)11-28-12-17-9-21-26-27-22(29(21)14-18(17)13-28)23(30)25-20-7-3-6-19(24)10-20/h2-8,10,17-18H,9,11-14H2,1H3,(H,25,30)/t17-,18+/m0/s1. The van der Waals surface area contributed by atoms with Crippen LogP contribution in [0.4, 0.5) is 10.1 Å². The van der Waals surface area contributed by atoms with Crippen molar-refractivity contribution < 1.29 is 9.18 Å². The second kappa shape index (κ2) is 7.65. The first-order valence-electron chi connectivity index (χ1n) is 10.3. The SMILES string of the molecule is Cc1cccc(CN2C[C@@H]3Cn4c(nnc4C(=O)Nc4cccc(F)c4)C[C@H]3C2)c1. The summed E-state index contributed by atoms with van der Waals surface area (Å²) in [5, 5.41) is 11.1. The summed E-state index contributed by atoms with van der Waals surface area (Å²) in [5.41, 5.74) is 3.03. The van der Waals surface area contributed by atoms with Crippen LogP contribution in [0.5, 0.6) is 0 Å². The first-order valence-corrected chi connectivity index (χ1v) is 10.3. The van der Waals surface area contributed by atoms with Crippen LogP contribution >= 0.6 is 0 Å². The molecule has 0 aliphatic carbocycles. The van der Waals surface area contributed by atoms with E-state index in [4.69, 9.17) is 0 Å². The molecule has 30 heavy (non-hydrogen) atoms. The third-order valence-electron chi connectivity index (χ3n) is 6.12. The Morgan fingerprint density at radius 1 is 1.10 bits per heavy atom. The van der Waals surface area contributed by atoms with Gasteiger partial charge in [0.1, 0.15) is 11.6 Å². The normalized spacial score (nSPS) is 20.6. The molecule has 0 saturated carbocycles. The van der Waals surface area contributed by atoms with Gasteiger partial charge in [-0.15, -0.1) is 10.2 Å². The van der Waals surface area contributed by atoms with Gasteiger partial charge in [0.2, 0.25) is 5.82 Å². The molecule has 3 aromatic rings. The number of hydrogen-bond acceptors (Lipinski definition) is 4. The number of halogens is 1. The van der Waals surface area contributed by atoms with E-state index in [1.165, 1.54) is 23.3 Å². The highest BCUT2D eigenvalue weighted by Gasteiger charge is 2.39. The summed E-state index contributed by atoms with van der Waals surface area (Å²) in [4.78, 5) is 15.2.